The Kier molecular flexibility index (Phi) is 3.23. The van der Waals surface area contributed by atoms with Crippen LogP contribution >= 0.6 is 11.6 Å². The van der Waals surface area contributed by atoms with Crippen LogP contribution in [0.2, 0.25) is 0 Å². The maximum Gasteiger partial charge on any atom is 0.328 e. The molecule has 0 radical (unpaired) electrons. The standard InChI is InChI=1S/C4H5ClO3/c5-3(6)1-2-4(7)8/h1-3,6H,(H,7,8). The Hall–Kier alpha value is -0.540. The van der Waals surface area contributed by atoms with Gasteiger partial charge in [-0.2, -0.15) is 0 Å². The molecule has 0 aromatic heterocycles. The second kappa shape index (κ2) is 3.46. The molecule has 1 atom stereocenters. The predicted octanol–water partition coefficient (Wildman–Crippen LogP) is 0.184. The van der Waals surface area contributed by atoms with Gasteiger partial charge < -0.3 is 10.2 Å². The first-order valence-electron chi connectivity index (χ1n) is 1.86. The van der Waals surface area contributed by atoms with Crippen LogP contribution < -0.4 is 0 Å². The summed E-state index contributed by atoms with van der Waals surface area (Å²) in [5.41, 5.74) is -1.20. The van der Waals surface area contributed by atoms with Crippen LogP contribution in [0.3, 0.4) is 0 Å². The summed E-state index contributed by atoms with van der Waals surface area (Å²) in [6, 6.07) is 0. The van der Waals surface area contributed by atoms with Crippen molar-refractivity contribution in [3.63, 3.8) is 0 Å². The molecule has 8 heavy (non-hydrogen) atoms. The van der Waals surface area contributed by atoms with E-state index in [1.54, 1.807) is 0 Å². The number of rotatable bonds is 2. The lowest BCUT2D eigenvalue weighted by Gasteiger charge is -1.85. The molecule has 0 heterocycles. The number of carbonyl (C=O) groups is 1. The Balaban J connectivity index is 3.50. The fraction of sp³-hybridized carbons (Fsp3) is 0.250. The molecule has 46 valence electrons. The van der Waals surface area contributed by atoms with Crippen LogP contribution in [0.4, 0.5) is 0 Å². The molecule has 4 heteroatoms. The van der Waals surface area contributed by atoms with Crippen LogP contribution in [0.1, 0.15) is 0 Å². The largest absolute Gasteiger partial charge is 0.478 e. The Labute approximate surface area is 51.2 Å². The molecule has 0 aliphatic rings. The predicted molar refractivity (Wildman–Crippen MR) is 28.6 cm³/mol. The maximum atomic E-state index is 9.65. The van der Waals surface area contributed by atoms with E-state index in [1.807, 2.05) is 0 Å². The molecule has 0 saturated carbocycles. The first kappa shape index (κ1) is 7.46. The van der Waals surface area contributed by atoms with Crippen LogP contribution in [0.25, 0.3) is 0 Å². The average molecular weight is 137 g/mol. The van der Waals surface area contributed by atoms with Crippen molar-refractivity contribution < 1.29 is 15.0 Å². The molecule has 0 bridgehead atoms. The van der Waals surface area contributed by atoms with E-state index in [1.165, 1.54) is 0 Å². The van der Waals surface area contributed by atoms with Gasteiger partial charge in [-0.15, -0.1) is 0 Å². The van der Waals surface area contributed by atoms with Gasteiger partial charge in [-0.05, 0) is 6.08 Å². The Morgan fingerprint density at radius 3 is 2.38 bits per heavy atom. The van der Waals surface area contributed by atoms with Crippen molar-refractivity contribution in [3.05, 3.63) is 12.2 Å². The Morgan fingerprint density at radius 2 is 2.25 bits per heavy atom. The number of hydrogen-bond donors (Lipinski definition) is 2. The highest BCUT2D eigenvalue weighted by atomic mass is 35.5. The van der Waals surface area contributed by atoms with E-state index in [0.717, 1.165) is 12.2 Å². The summed E-state index contributed by atoms with van der Waals surface area (Å²) < 4.78 is 0. The smallest absolute Gasteiger partial charge is 0.328 e. The summed E-state index contributed by atoms with van der Waals surface area (Å²) in [4.78, 5) is 9.65. The van der Waals surface area contributed by atoms with E-state index in [2.05, 4.69) is 0 Å². The highest BCUT2D eigenvalue weighted by Crippen LogP contribution is 1.89. The zero-order valence-electron chi connectivity index (χ0n) is 3.91. The lowest BCUT2D eigenvalue weighted by molar-refractivity contribution is -0.131. The number of aliphatic hydroxyl groups is 1. The molecule has 0 saturated heterocycles. The summed E-state index contributed by atoms with van der Waals surface area (Å²) in [7, 11) is 0. The number of aliphatic hydroxyl groups excluding tert-OH is 1. The highest BCUT2D eigenvalue weighted by Gasteiger charge is 1.89. The van der Waals surface area contributed by atoms with E-state index in [-0.39, 0.29) is 0 Å². The van der Waals surface area contributed by atoms with Gasteiger partial charge in [0.1, 0.15) is 5.56 Å². The van der Waals surface area contributed by atoms with Gasteiger partial charge in [-0.3, -0.25) is 0 Å². The zero-order valence-corrected chi connectivity index (χ0v) is 4.67. The summed E-state index contributed by atoms with van der Waals surface area (Å²) in [6.45, 7) is 0. The van der Waals surface area contributed by atoms with Crippen molar-refractivity contribution in [3.8, 4) is 0 Å². The number of carboxylic acid groups (broad SMARTS) is 1. The van der Waals surface area contributed by atoms with E-state index >= 15 is 0 Å². The fourth-order valence-electron chi connectivity index (χ4n) is 0.162. The van der Waals surface area contributed by atoms with E-state index in [0.29, 0.717) is 0 Å². The molecule has 0 rings (SSSR count). The van der Waals surface area contributed by atoms with Crippen LogP contribution in [0, 0.1) is 0 Å². The Morgan fingerprint density at radius 1 is 1.75 bits per heavy atom. The minimum Gasteiger partial charge on any atom is -0.478 e. The second-order valence-corrected chi connectivity index (χ2v) is 1.52. The molecule has 1 unspecified atom stereocenters. The number of carboxylic acids is 1. The summed E-state index contributed by atoms with van der Waals surface area (Å²) in [5.74, 6) is -1.12. The Bertz CT molecular complexity index is 108. The van der Waals surface area contributed by atoms with Gasteiger partial charge in [-0.25, -0.2) is 4.79 Å². The molecule has 0 aliphatic heterocycles. The van der Waals surface area contributed by atoms with Gasteiger partial charge in [0.2, 0.25) is 0 Å². The summed E-state index contributed by atoms with van der Waals surface area (Å²) in [6.07, 6.45) is 1.74. The van der Waals surface area contributed by atoms with Crippen molar-refractivity contribution in [2.24, 2.45) is 0 Å². The molecule has 0 aromatic carbocycles. The molecule has 0 fully saturated rings. The summed E-state index contributed by atoms with van der Waals surface area (Å²) >= 11 is 4.93. The van der Waals surface area contributed by atoms with Gasteiger partial charge in [0.15, 0.2) is 0 Å². The topological polar surface area (TPSA) is 57.5 Å². The number of hydrogen-bond acceptors (Lipinski definition) is 2. The van der Waals surface area contributed by atoms with Crippen molar-refractivity contribution in [2.75, 3.05) is 0 Å². The quantitative estimate of drug-likeness (QED) is 0.421. The lowest BCUT2D eigenvalue weighted by atomic mass is 10.5. The molecular formula is C4H5ClO3. The first-order chi connectivity index (χ1) is 3.63. The van der Waals surface area contributed by atoms with Gasteiger partial charge in [-0.1, -0.05) is 11.6 Å². The third-order valence-electron chi connectivity index (χ3n) is 0.398. The normalized spacial score (nSPS) is 14.2. The van der Waals surface area contributed by atoms with Gasteiger partial charge >= 0.3 is 5.97 Å². The molecule has 0 spiro atoms. The first-order valence-corrected chi connectivity index (χ1v) is 2.30. The van der Waals surface area contributed by atoms with Crippen molar-refractivity contribution in [1.29, 1.82) is 0 Å². The SMILES string of the molecule is O=C(O)C=CC(O)Cl. The third kappa shape index (κ3) is 5.46. The molecule has 0 amide bonds. The molecule has 3 nitrogen and oxygen atoms in total. The maximum absolute atomic E-state index is 9.65. The van der Waals surface area contributed by atoms with Crippen molar-refractivity contribution >= 4 is 17.6 Å². The number of aliphatic carboxylic acids is 1. The zero-order chi connectivity index (χ0) is 6.57. The van der Waals surface area contributed by atoms with E-state index in [9.17, 15) is 4.79 Å². The highest BCUT2D eigenvalue weighted by molar-refractivity contribution is 6.20. The monoisotopic (exact) mass is 136 g/mol. The average Bonchev–Trinajstić information content (AvgIpc) is 1.61. The minimum atomic E-state index is -1.20. The van der Waals surface area contributed by atoms with E-state index in [4.69, 9.17) is 21.8 Å². The van der Waals surface area contributed by atoms with Gasteiger partial charge in [0, 0.05) is 6.08 Å². The molecule has 0 aliphatic carbocycles. The third-order valence-corrected chi connectivity index (χ3v) is 0.543. The van der Waals surface area contributed by atoms with Crippen LogP contribution in [0.5, 0.6) is 0 Å². The van der Waals surface area contributed by atoms with Gasteiger partial charge in [0.05, 0.1) is 0 Å². The number of halogens is 1. The van der Waals surface area contributed by atoms with Crippen molar-refractivity contribution in [2.45, 2.75) is 5.56 Å². The minimum absolute atomic E-state index is 0.775. The molecule has 2 N–H and O–H groups in total. The van der Waals surface area contributed by atoms with Crippen LogP contribution in [-0.2, 0) is 4.79 Å². The van der Waals surface area contributed by atoms with Crippen LogP contribution in [-0.4, -0.2) is 21.7 Å². The van der Waals surface area contributed by atoms with E-state index < -0.39 is 11.5 Å². The van der Waals surface area contributed by atoms with Gasteiger partial charge in [0.25, 0.3) is 0 Å². The molecule has 0 aromatic rings. The number of alkyl halides is 1. The lowest BCUT2D eigenvalue weighted by Crippen LogP contribution is -1.92. The molecular weight excluding hydrogens is 131 g/mol. The fourth-order valence-corrected chi connectivity index (χ4v) is 0.234. The second-order valence-electron chi connectivity index (χ2n) is 1.07. The van der Waals surface area contributed by atoms with Crippen molar-refractivity contribution in [1.82, 2.24) is 0 Å². The summed E-state index contributed by atoms with van der Waals surface area (Å²) in [5, 5.41) is 16.1. The van der Waals surface area contributed by atoms with Crippen LogP contribution in [0.15, 0.2) is 12.2 Å².